The number of aliphatic hydroxyl groups is 1. The standard InChI is InChI=1S/C13H18N2O/c1-10-4-5-11(9-14)12(8-10)15-13(2,3)6-7-16/h4-5,8,15-16H,6-7H2,1-3H3. The first-order valence-electron chi connectivity index (χ1n) is 5.38. The largest absolute Gasteiger partial charge is 0.396 e. The van der Waals surface area contributed by atoms with Crippen LogP contribution in [0.15, 0.2) is 18.2 Å². The number of aryl methyl sites for hydroxylation is 1. The zero-order chi connectivity index (χ0) is 12.2. The molecule has 3 heteroatoms. The molecule has 1 rings (SSSR count). The van der Waals surface area contributed by atoms with Gasteiger partial charge in [-0.15, -0.1) is 0 Å². The van der Waals surface area contributed by atoms with Gasteiger partial charge in [0.05, 0.1) is 11.3 Å². The van der Waals surface area contributed by atoms with Crippen LogP contribution in [0.25, 0.3) is 0 Å². The predicted octanol–water partition coefficient (Wildman–Crippen LogP) is 2.44. The molecule has 2 N–H and O–H groups in total. The molecule has 0 unspecified atom stereocenters. The van der Waals surface area contributed by atoms with Gasteiger partial charge in [-0.2, -0.15) is 5.26 Å². The van der Waals surface area contributed by atoms with E-state index >= 15 is 0 Å². The molecular weight excluding hydrogens is 200 g/mol. The quantitative estimate of drug-likeness (QED) is 0.816. The topological polar surface area (TPSA) is 56.0 Å². The number of hydrogen-bond acceptors (Lipinski definition) is 3. The number of benzene rings is 1. The fraction of sp³-hybridized carbons (Fsp3) is 0.462. The normalized spacial score (nSPS) is 10.9. The second-order valence-corrected chi connectivity index (χ2v) is 4.64. The molecule has 0 aliphatic rings. The lowest BCUT2D eigenvalue weighted by atomic mass is 9.99. The van der Waals surface area contributed by atoms with Crippen molar-refractivity contribution in [2.75, 3.05) is 11.9 Å². The summed E-state index contributed by atoms with van der Waals surface area (Å²) in [6, 6.07) is 7.85. The van der Waals surface area contributed by atoms with Crippen molar-refractivity contribution in [2.24, 2.45) is 0 Å². The highest BCUT2D eigenvalue weighted by atomic mass is 16.3. The van der Waals surface area contributed by atoms with Crippen LogP contribution in [0, 0.1) is 18.3 Å². The number of anilines is 1. The Morgan fingerprint density at radius 3 is 2.69 bits per heavy atom. The van der Waals surface area contributed by atoms with Gasteiger partial charge in [0, 0.05) is 12.1 Å². The van der Waals surface area contributed by atoms with Gasteiger partial charge in [-0.25, -0.2) is 0 Å². The van der Waals surface area contributed by atoms with Crippen LogP contribution >= 0.6 is 0 Å². The first-order chi connectivity index (χ1) is 7.48. The molecule has 86 valence electrons. The van der Waals surface area contributed by atoms with Gasteiger partial charge >= 0.3 is 0 Å². The maximum absolute atomic E-state index is 9.00. The van der Waals surface area contributed by atoms with Crippen LogP contribution in [-0.2, 0) is 0 Å². The highest BCUT2D eigenvalue weighted by Gasteiger charge is 2.17. The van der Waals surface area contributed by atoms with Crippen LogP contribution in [0.3, 0.4) is 0 Å². The monoisotopic (exact) mass is 218 g/mol. The summed E-state index contributed by atoms with van der Waals surface area (Å²) in [5.74, 6) is 0. The Balaban J connectivity index is 2.96. The van der Waals surface area contributed by atoms with Gasteiger partial charge in [-0.1, -0.05) is 6.07 Å². The predicted molar refractivity (Wildman–Crippen MR) is 65.3 cm³/mol. The number of nitrogens with one attached hydrogen (secondary N) is 1. The van der Waals surface area contributed by atoms with Crippen molar-refractivity contribution in [3.8, 4) is 6.07 Å². The third-order valence-electron chi connectivity index (χ3n) is 2.51. The summed E-state index contributed by atoms with van der Waals surface area (Å²) in [6.45, 7) is 6.14. The van der Waals surface area contributed by atoms with E-state index in [1.807, 2.05) is 39.0 Å². The van der Waals surface area contributed by atoms with Gasteiger partial charge in [0.1, 0.15) is 6.07 Å². The van der Waals surface area contributed by atoms with E-state index in [2.05, 4.69) is 11.4 Å². The molecule has 0 aliphatic carbocycles. The van der Waals surface area contributed by atoms with Crippen molar-refractivity contribution in [3.63, 3.8) is 0 Å². The first kappa shape index (κ1) is 12.5. The van der Waals surface area contributed by atoms with Crippen molar-refractivity contribution >= 4 is 5.69 Å². The number of nitrogens with zero attached hydrogens (tertiary/aromatic N) is 1. The number of aliphatic hydroxyl groups excluding tert-OH is 1. The second-order valence-electron chi connectivity index (χ2n) is 4.64. The first-order valence-corrected chi connectivity index (χ1v) is 5.38. The maximum atomic E-state index is 9.00. The smallest absolute Gasteiger partial charge is 0.101 e. The lowest BCUT2D eigenvalue weighted by Crippen LogP contribution is -2.32. The Morgan fingerprint density at radius 1 is 1.44 bits per heavy atom. The Morgan fingerprint density at radius 2 is 2.12 bits per heavy atom. The molecule has 0 amide bonds. The minimum Gasteiger partial charge on any atom is -0.396 e. The van der Waals surface area contributed by atoms with Crippen LogP contribution < -0.4 is 5.32 Å². The van der Waals surface area contributed by atoms with Gasteiger partial charge in [0.2, 0.25) is 0 Å². The molecule has 0 spiro atoms. The highest BCUT2D eigenvalue weighted by Crippen LogP contribution is 2.22. The van der Waals surface area contributed by atoms with Gasteiger partial charge < -0.3 is 10.4 Å². The fourth-order valence-corrected chi connectivity index (χ4v) is 1.57. The summed E-state index contributed by atoms with van der Waals surface area (Å²) in [7, 11) is 0. The van der Waals surface area contributed by atoms with Crippen LogP contribution in [0.5, 0.6) is 0 Å². The Labute approximate surface area is 96.7 Å². The molecule has 0 radical (unpaired) electrons. The van der Waals surface area contributed by atoms with E-state index in [0.29, 0.717) is 12.0 Å². The van der Waals surface area contributed by atoms with E-state index in [9.17, 15) is 0 Å². The Bertz CT molecular complexity index is 405. The Kier molecular flexibility index (Phi) is 3.92. The second kappa shape index (κ2) is 5.00. The maximum Gasteiger partial charge on any atom is 0.101 e. The van der Waals surface area contributed by atoms with E-state index in [0.717, 1.165) is 11.3 Å². The van der Waals surface area contributed by atoms with Crippen LogP contribution in [0.1, 0.15) is 31.4 Å². The molecule has 0 bridgehead atoms. The van der Waals surface area contributed by atoms with Crippen LogP contribution in [0.4, 0.5) is 5.69 Å². The molecule has 0 aromatic heterocycles. The number of hydrogen-bond donors (Lipinski definition) is 2. The van der Waals surface area contributed by atoms with Gasteiger partial charge in [0.25, 0.3) is 0 Å². The zero-order valence-corrected chi connectivity index (χ0v) is 10.0. The lowest BCUT2D eigenvalue weighted by molar-refractivity contribution is 0.261. The zero-order valence-electron chi connectivity index (χ0n) is 10.0. The summed E-state index contributed by atoms with van der Waals surface area (Å²) < 4.78 is 0. The third kappa shape index (κ3) is 3.25. The van der Waals surface area contributed by atoms with E-state index in [1.165, 1.54) is 0 Å². The number of nitriles is 1. The summed E-state index contributed by atoms with van der Waals surface area (Å²) in [5.41, 5.74) is 2.37. The molecule has 0 atom stereocenters. The molecular formula is C13H18N2O. The molecule has 0 saturated carbocycles. The molecule has 1 aromatic rings. The van der Waals surface area contributed by atoms with E-state index < -0.39 is 0 Å². The number of rotatable bonds is 4. The van der Waals surface area contributed by atoms with E-state index in [-0.39, 0.29) is 12.1 Å². The average molecular weight is 218 g/mol. The highest BCUT2D eigenvalue weighted by molar-refractivity contribution is 5.59. The van der Waals surface area contributed by atoms with Crippen molar-refractivity contribution in [1.82, 2.24) is 0 Å². The van der Waals surface area contributed by atoms with Gasteiger partial charge in [-0.05, 0) is 44.9 Å². The summed E-state index contributed by atoms with van der Waals surface area (Å²) in [4.78, 5) is 0. The minimum absolute atomic E-state index is 0.133. The minimum atomic E-state index is -0.214. The third-order valence-corrected chi connectivity index (χ3v) is 2.51. The lowest BCUT2D eigenvalue weighted by Gasteiger charge is -2.27. The van der Waals surface area contributed by atoms with Gasteiger partial charge in [0.15, 0.2) is 0 Å². The molecule has 0 fully saturated rings. The molecule has 0 heterocycles. The van der Waals surface area contributed by atoms with Crippen molar-refractivity contribution in [1.29, 1.82) is 5.26 Å². The molecule has 0 aliphatic heterocycles. The van der Waals surface area contributed by atoms with Crippen molar-refractivity contribution in [2.45, 2.75) is 32.7 Å². The Hall–Kier alpha value is -1.53. The van der Waals surface area contributed by atoms with E-state index in [1.54, 1.807) is 0 Å². The summed E-state index contributed by atoms with van der Waals surface area (Å²) in [6.07, 6.45) is 0.645. The van der Waals surface area contributed by atoms with Crippen LogP contribution in [-0.4, -0.2) is 17.3 Å². The summed E-state index contributed by atoms with van der Waals surface area (Å²) >= 11 is 0. The average Bonchev–Trinajstić information content (AvgIpc) is 2.17. The molecule has 16 heavy (non-hydrogen) atoms. The molecule has 1 aromatic carbocycles. The SMILES string of the molecule is Cc1ccc(C#N)c(NC(C)(C)CCO)c1. The van der Waals surface area contributed by atoms with Crippen molar-refractivity contribution in [3.05, 3.63) is 29.3 Å². The van der Waals surface area contributed by atoms with E-state index in [4.69, 9.17) is 10.4 Å². The van der Waals surface area contributed by atoms with Gasteiger partial charge in [-0.3, -0.25) is 0 Å². The fourth-order valence-electron chi connectivity index (χ4n) is 1.57. The molecule has 0 saturated heterocycles. The summed E-state index contributed by atoms with van der Waals surface area (Å²) in [5, 5.41) is 21.2. The van der Waals surface area contributed by atoms with Crippen LogP contribution in [0.2, 0.25) is 0 Å². The molecule has 3 nitrogen and oxygen atoms in total. The van der Waals surface area contributed by atoms with Crippen molar-refractivity contribution < 1.29 is 5.11 Å².